The van der Waals surface area contributed by atoms with Crippen LogP contribution in [-0.4, -0.2) is 101 Å². The summed E-state index contributed by atoms with van der Waals surface area (Å²) >= 11 is 0. The van der Waals surface area contributed by atoms with Crippen molar-refractivity contribution in [2.45, 2.75) is 109 Å². The number of hydrogen-bond acceptors (Lipinski definition) is 16. The molecule has 0 unspecified atom stereocenters. The molecule has 1 N–H and O–H groups in total. The topological polar surface area (TPSA) is 218 Å². The van der Waals surface area contributed by atoms with Gasteiger partial charge in [-0.25, -0.2) is 14.4 Å². The minimum absolute atomic E-state index is 0.142. The first-order valence-corrected chi connectivity index (χ1v) is 21.1. The van der Waals surface area contributed by atoms with Crippen molar-refractivity contribution < 1.29 is 76.2 Å². The molecule has 2 saturated heterocycles. The minimum atomic E-state index is -2.03. The van der Waals surface area contributed by atoms with Gasteiger partial charge in [-0.3, -0.25) is 19.2 Å². The van der Waals surface area contributed by atoms with Crippen LogP contribution >= 0.6 is 0 Å². The number of H-pyrrole nitrogens is 1. The van der Waals surface area contributed by atoms with Gasteiger partial charge in [-0.1, -0.05) is 56.3 Å². The third-order valence-electron chi connectivity index (χ3n) is 13.5. The average Bonchev–Trinajstić information content (AvgIpc) is 3.92. The van der Waals surface area contributed by atoms with Crippen LogP contribution in [0.3, 0.4) is 0 Å². The Balaban J connectivity index is 1.27. The summed E-state index contributed by atoms with van der Waals surface area (Å²) in [6.45, 7) is 9.60. The molecule has 2 aliphatic heterocycles. The number of ether oxygens (including phenoxy) is 9. The van der Waals surface area contributed by atoms with Gasteiger partial charge >= 0.3 is 36.0 Å². The summed E-state index contributed by atoms with van der Waals surface area (Å²) in [4.78, 5) is 98.4. The van der Waals surface area contributed by atoms with E-state index in [1.807, 2.05) is 6.07 Å². The maximum Gasteiger partial charge on any atom is 0.509 e. The standard InChI is InChI=1S/C48H49NO16/c1-25-36-38(60-27(3)51)40(54)46(7)33(62-35(53)20-17-29-15-18-31(19-16-29)61-43(55)32-14-11-21-49-32)22-34-47(24-58-34,64-28(4)52)39(46)42(57-23-30-12-9-8-10-13-30)48(45(36,5)6)41(63-44(56)65-48)37(25)59-26(2)50/h8-21,33-34,37-39,41-42,49H,22-24H2,1-7H3/b20-17+/t33-,34+,37+,38+,39-,41-,42-,46+,47-,48+/m0/s1. The van der Waals surface area contributed by atoms with E-state index < -0.39 is 106 Å². The number of fused-ring (bicyclic) bond motifs is 4. The molecule has 1 spiro atoms. The van der Waals surface area contributed by atoms with Gasteiger partial charge < -0.3 is 47.6 Å². The molecule has 2 bridgehead atoms. The molecule has 65 heavy (non-hydrogen) atoms. The molecule has 4 fully saturated rings. The molecule has 8 rings (SSSR count). The monoisotopic (exact) mass is 895 g/mol. The van der Waals surface area contributed by atoms with Gasteiger partial charge in [0, 0.05) is 44.9 Å². The van der Waals surface area contributed by atoms with Gasteiger partial charge in [-0.2, -0.15) is 0 Å². The Labute approximate surface area is 373 Å². The number of aromatic amines is 1. The predicted octanol–water partition coefficient (Wildman–Crippen LogP) is 5.55. The second-order valence-corrected chi connectivity index (χ2v) is 17.7. The summed E-state index contributed by atoms with van der Waals surface area (Å²) in [6, 6.07) is 18.6. The number of Topliss-reactive ketones (excluding diaryl/α,β-unsaturated/α-hetero) is 1. The van der Waals surface area contributed by atoms with E-state index in [2.05, 4.69) is 4.98 Å². The quantitative estimate of drug-likeness (QED) is 0.0820. The molecule has 3 heterocycles. The molecule has 0 radical (unpaired) electrons. The van der Waals surface area contributed by atoms with Gasteiger partial charge in [0.15, 0.2) is 35.3 Å². The van der Waals surface area contributed by atoms with Crippen molar-refractivity contribution in [2.24, 2.45) is 16.7 Å². The number of ketones is 1. The van der Waals surface area contributed by atoms with Crippen molar-refractivity contribution in [3.63, 3.8) is 0 Å². The number of hydrogen-bond donors (Lipinski definition) is 1. The zero-order valence-electron chi connectivity index (χ0n) is 36.8. The number of nitrogens with one attached hydrogen (secondary N) is 1. The van der Waals surface area contributed by atoms with E-state index in [0.717, 1.165) is 13.0 Å². The normalized spacial score (nSPS) is 31.9. The molecule has 2 saturated carbocycles. The van der Waals surface area contributed by atoms with Crippen LogP contribution in [0.2, 0.25) is 0 Å². The average molecular weight is 896 g/mol. The number of esters is 5. The van der Waals surface area contributed by atoms with Gasteiger partial charge in [0.05, 0.1) is 24.5 Å². The molecular weight excluding hydrogens is 847 g/mol. The molecule has 342 valence electrons. The molecule has 3 aromatic rings. The fourth-order valence-electron chi connectivity index (χ4n) is 10.8. The van der Waals surface area contributed by atoms with Crippen LogP contribution in [0.25, 0.3) is 6.08 Å². The highest BCUT2D eigenvalue weighted by atomic mass is 16.8. The summed E-state index contributed by atoms with van der Waals surface area (Å²) < 4.78 is 55.5. The van der Waals surface area contributed by atoms with Crippen LogP contribution in [0.1, 0.15) is 76.5 Å². The largest absolute Gasteiger partial charge is 0.509 e. The molecule has 17 heteroatoms. The first-order valence-electron chi connectivity index (χ1n) is 21.1. The van der Waals surface area contributed by atoms with Gasteiger partial charge in [-0.05, 0) is 66.5 Å². The third kappa shape index (κ3) is 7.49. The van der Waals surface area contributed by atoms with Crippen molar-refractivity contribution in [2.75, 3.05) is 6.61 Å². The van der Waals surface area contributed by atoms with Crippen LogP contribution in [0.4, 0.5) is 4.79 Å². The predicted molar refractivity (Wildman–Crippen MR) is 223 cm³/mol. The Bertz CT molecular complexity index is 2480. The van der Waals surface area contributed by atoms with Crippen LogP contribution in [0, 0.1) is 16.7 Å². The number of aromatic nitrogens is 1. The van der Waals surface area contributed by atoms with Crippen LogP contribution < -0.4 is 4.74 Å². The van der Waals surface area contributed by atoms with E-state index in [1.54, 1.807) is 87.6 Å². The van der Waals surface area contributed by atoms with E-state index in [1.165, 1.54) is 26.8 Å². The second-order valence-electron chi connectivity index (χ2n) is 17.7. The smallest absolute Gasteiger partial charge is 0.458 e. The number of carbonyl (C=O) groups is 7. The zero-order valence-corrected chi connectivity index (χ0v) is 36.8. The van der Waals surface area contributed by atoms with Gasteiger partial charge in [0.1, 0.15) is 29.8 Å². The van der Waals surface area contributed by atoms with E-state index in [4.69, 9.17) is 42.6 Å². The number of benzene rings is 2. The fraction of sp³-hybridized carbons (Fsp3) is 0.438. The highest BCUT2D eigenvalue weighted by Gasteiger charge is 2.83. The molecule has 2 aromatic carbocycles. The van der Waals surface area contributed by atoms with Crippen molar-refractivity contribution >= 4 is 47.9 Å². The Morgan fingerprint density at radius 2 is 1.57 bits per heavy atom. The van der Waals surface area contributed by atoms with Crippen molar-refractivity contribution in [1.82, 2.24) is 4.98 Å². The first kappa shape index (κ1) is 45.0. The lowest BCUT2D eigenvalue weighted by molar-refractivity contribution is -0.351. The SMILES string of the molecule is CC(=O)O[C@H]1C(=O)[C@]2(C)[C@@H](OC(=O)/C=C/c3ccc(OC(=O)c4ccc[nH]4)cc3)C[C@H]3OC[C@@]3(OC(C)=O)[C@H]2[C@H](OCc2ccccc2)[C@]23OC(=O)O[C@H]2[C@H](OC(C)=O)C(C)=C1C3(C)C. The molecule has 0 amide bonds. The molecule has 17 nitrogen and oxygen atoms in total. The Morgan fingerprint density at radius 3 is 2.18 bits per heavy atom. The maximum absolute atomic E-state index is 16.0. The highest BCUT2D eigenvalue weighted by molar-refractivity contribution is 5.96. The van der Waals surface area contributed by atoms with Crippen LogP contribution in [-0.2, 0) is 68.5 Å². The summed E-state index contributed by atoms with van der Waals surface area (Å²) in [5, 5.41) is 0. The number of carbonyl (C=O) groups excluding carboxylic acids is 7. The summed E-state index contributed by atoms with van der Waals surface area (Å²) in [7, 11) is 0. The highest BCUT2D eigenvalue weighted by Crippen LogP contribution is 2.67. The van der Waals surface area contributed by atoms with Gasteiger partial charge in [0.2, 0.25) is 0 Å². The van der Waals surface area contributed by atoms with Gasteiger partial charge in [-0.15, -0.1) is 0 Å². The Kier molecular flexibility index (Phi) is 11.6. The third-order valence-corrected chi connectivity index (χ3v) is 13.5. The molecule has 1 aromatic heterocycles. The second kappa shape index (κ2) is 16.8. The van der Waals surface area contributed by atoms with Crippen molar-refractivity contribution in [3.8, 4) is 5.75 Å². The van der Waals surface area contributed by atoms with Crippen LogP contribution in [0.15, 0.2) is 90.1 Å². The summed E-state index contributed by atoms with van der Waals surface area (Å²) in [6.07, 6.45) is -5.54. The Morgan fingerprint density at radius 1 is 0.862 bits per heavy atom. The van der Waals surface area contributed by atoms with Crippen LogP contribution in [0.5, 0.6) is 5.75 Å². The maximum atomic E-state index is 16.0. The first-order chi connectivity index (χ1) is 30.8. The minimum Gasteiger partial charge on any atom is -0.458 e. The lowest BCUT2D eigenvalue weighted by Crippen LogP contribution is -2.83. The van der Waals surface area contributed by atoms with E-state index in [-0.39, 0.29) is 42.2 Å². The Hall–Kier alpha value is -6.59. The molecule has 5 aliphatic rings. The van der Waals surface area contributed by atoms with Crippen molar-refractivity contribution in [1.29, 1.82) is 0 Å². The zero-order chi connectivity index (χ0) is 46.6. The van der Waals surface area contributed by atoms with E-state index in [9.17, 15) is 28.8 Å². The molecular formula is C48H49NO16. The fourth-order valence-corrected chi connectivity index (χ4v) is 10.8. The molecule has 10 atom stereocenters. The lowest BCUT2D eigenvalue weighted by atomic mass is 9.44. The van der Waals surface area contributed by atoms with Gasteiger partial charge in [0.25, 0.3) is 0 Å². The van der Waals surface area contributed by atoms with E-state index >= 15 is 4.79 Å². The number of rotatable bonds is 11. The van der Waals surface area contributed by atoms with E-state index in [0.29, 0.717) is 11.1 Å². The molecule has 3 aliphatic carbocycles. The lowest BCUT2D eigenvalue weighted by Gasteiger charge is -2.67. The summed E-state index contributed by atoms with van der Waals surface area (Å²) in [5.74, 6) is -5.70. The van der Waals surface area contributed by atoms with Crippen molar-refractivity contribution in [3.05, 3.63) is 107 Å². The summed E-state index contributed by atoms with van der Waals surface area (Å²) in [5.41, 5.74) is -5.36.